The van der Waals surface area contributed by atoms with E-state index in [1.165, 1.54) is 0 Å². The number of ether oxygens (including phenoxy) is 1. The molecular formula is C21H23N9O2. The van der Waals surface area contributed by atoms with Gasteiger partial charge in [0.2, 0.25) is 5.95 Å². The van der Waals surface area contributed by atoms with Crippen molar-refractivity contribution in [3.05, 3.63) is 36.9 Å². The number of aromatic nitrogens is 8. The Labute approximate surface area is 183 Å². The van der Waals surface area contributed by atoms with Gasteiger partial charge in [0, 0.05) is 30.8 Å². The summed E-state index contributed by atoms with van der Waals surface area (Å²) < 4.78 is 8.56. The van der Waals surface area contributed by atoms with Gasteiger partial charge in [0.25, 0.3) is 0 Å². The van der Waals surface area contributed by atoms with E-state index in [-0.39, 0.29) is 12.0 Å². The van der Waals surface area contributed by atoms with Crippen LogP contribution in [0.5, 0.6) is 0 Å². The first kappa shape index (κ1) is 20.2. The van der Waals surface area contributed by atoms with Crippen molar-refractivity contribution < 1.29 is 9.53 Å². The predicted octanol–water partition coefficient (Wildman–Crippen LogP) is 1.89. The number of methoxy groups -OCH3 is 1. The number of rotatable bonds is 8. The molecule has 32 heavy (non-hydrogen) atoms. The van der Waals surface area contributed by atoms with Gasteiger partial charge in [-0.15, -0.1) is 5.10 Å². The molecule has 0 aliphatic heterocycles. The Bertz CT molecular complexity index is 1220. The Morgan fingerprint density at radius 3 is 2.94 bits per heavy atom. The Hall–Kier alpha value is -3.73. The minimum absolute atomic E-state index is 0.111. The van der Waals surface area contributed by atoms with Crippen LogP contribution in [-0.2, 0) is 16.1 Å². The van der Waals surface area contributed by atoms with E-state index < -0.39 is 0 Å². The molecule has 5 rings (SSSR count). The topological polar surface area (TPSA) is 126 Å². The molecule has 11 heteroatoms. The van der Waals surface area contributed by atoms with Gasteiger partial charge in [0.05, 0.1) is 43.1 Å². The Kier molecular flexibility index (Phi) is 5.55. The van der Waals surface area contributed by atoms with E-state index in [1.54, 1.807) is 30.4 Å². The van der Waals surface area contributed by atoms with Crippen molar-refractivity contribution in [1.82, 2.24) is 39.7 Å². The smallest absolute Gasteiger partial charge is 0.225 e. The van der Waals surface area contributed by atoms with Gasteiger partial charge in [-0.2, -0.15) is 14.8 Å². The highest BCUT2D eigenvalue weighted by molar-refractivity contribution is 5.72. The van der Waals surface area contributed by atoms with Crippen LogP contribution in [0, 0.1) is 5.92 Å². The zero-order valence-electron chi connectivity index (χ0n) is 17.6. The first-order valence-electron chi connectivity index (χ1n) is 10.5. The van der Waals surface area contributed by atoms with Crippen molar-refractivity contribution in [2.24, 2.45) is 5.92 Å². The number of hydrogen-bond donors (Lipinski definition) is 1. The summed E-state index contributed by atoms with van der Waals surface area (Å²) in [6, 6.07) is 4.03. The number of nitrogens with one attached hydrogen (secondary N) is 1. The molecule has 0 bridgehead atoms. The van der Waals surface area contributed by atoms with Crippen LogP contribution in [0.3, 0.4) is 0 Å². The van der Waals surface area contributed by atoms with E-state index in [2.05, 4.69) is 35.7 Å². The SMILES string of the molecule is COCCn1cc(-c2ccc(-n3nnc4cnc(NC5CCC(C=O)C5)nc43)cn2)cn1. The van der Waals surface area contributed by atoms with Gasteiger partial charge in [-0.3, -0.25) is 9.67 Å². The summed E-state index contributed by atoms with van der Waals surface area (Å²) >= 11 is 0. The van der Waals surface area contributed by atoms with Crippen LogP contribution in [0.1, 0.15) is 19.3 Å². The molecule has 1 N–H and O–H groups in total. The number of nitrogens with zero attached hydrogens (tertiary/aromatic N) is 8. The monoisotopic (exact) mass is 433 g/mol. The largest absolute Gasteiger partial charge is 0.383 e. The second-order valence-corrected chi connectivity index (χ2v) is 7.84. The van der Waals surface area contributed by atoms with Crippen LogP contribution >= 0.6 is 0 Å². The summed E-state index contributed by atoms with van der Waals surface area (Å²) in [6.45, 7) is 1.29. The number of pyridine rings is 1. The van der Waals surface area contributed by atoms with Gasteiger partial charge in [0.1, 0.15) is 6.29 Å². The van der Waals surface area contributed by atoms with E-state index in [0.717, 1.165) is 42.5 Å². The summed E-state index contributed by atoms with van der Waals surface area (Å²) in [5, 5.41) is 16.1. The van der Waals surface area contributed by atoms with Crippen molar-refractivity contribution in [1.29, 1.82) is 0 Å². The minimum Gasteiger partial charge on any atom is -0.383 e. The third kappa shape index (κ3) is 4.06. The molecular weight excluding hydrogens is 410 g/mol. The van der Waals surface area contributed by atoms with Crippen LogP contribution in [0.2, 0.25) is 0 Å². The summed E-state index contributed by atoms with van der Waals surface area (Å²) in [6.07, 6.45) is 10.8. The zero-order chi connectivity index (χ0) is 21.9. The number of anilines is 1. The van der Waals surface area contributed by atoms with Crippen LogP contribution in [0.25, 0.3) is 28.1 Å². The Balaban J connectivity index is 1.36. The Morgan fingerprint density at radius 1 is 1.22 bits per heavy atom. The molecule has 1 fully saturated rings. The fraction of sp³-hybridized carbons (Fsp3) is 0.381. The Morgan fingerprint density at radius 2 is 2.16 bits per heavy atom. The molecule has 0 radical (unpaired) electrons. The third-order valence-corrected chi connectivity index (χ3v) is 5.64. The van der Waals surface area contributed by atoms with Crippen LogP contribution in [0.4, 0.5) is 5.95 Å². The predicted molar refractivity (Wildman–Crippen MR) is 116 cm³/mol. The molecule has 4 heterocycles. The van der Waals surface area contributed by atoms with Crippen LogP contribution < -0.4 is 5.32 Å². The second kappa shape index (κ2) is 8.79. The summed E-state index contributed by atoms with van der Waals surface area (Å²) in [4.78, 5) is 24.5. The number of hydrogen-bond acceptors (Lipinski definition) is 9. The van der Waals surface area contributed by atoms with Crippen molar-refractivity contribution in [2.45, 2.75) is 31.8 Å². The molecule has 4 aromatic rings. The average Bonchev–Trinajstić information content (AvgIpc) is 3.57. The molecule has 1 aliphatic rings. The lowest BCUT2D eigenvalue weighted by atomic mass is 10.1. The maximum atomic E-state index is 11.0. The molecule has 164 valence electrons. The van der Waals surface area contributed by atoms with Gasteiger partial charge < -0.3 is 14.8 Å². The molecule has 0 amide bonds. The number of carbonyl (C=O) groups excluding carboxylic acids is 1. The highest BCUT2D eigenvalue weighted by Crippen LogP contribution is 2.26. The first-order chi connectivity index (χ1) is 15.7. The lowest BCUT2D eigenvalue weighted by Crippen LogP contribution is -2.17. The fourth-order valence-electron chi connectivity index (χ4n) is 3.91. The fourth-order valence-corrected chi connectivity index (χ4v) is 3.91. The number of carbonyl (C=O) groups is 1. The maximum Gasteiger partial charge on any atom is 0.225 e. The van der Waals surface area contributed by atoms with Crippen LogP contribution in [0.15, 0.2) is 36.9 Å². The van der Waals surface area contributed by atoms with Gasteiger partial charge in [-0.05, 0) is 31.4 Å². The number of aldehydes is 1. The molecule has 2 atom stereocenters. The highest BCUT2D eigenvalue weighted by atomic mass is 16.5. The van der Waals surface area contributed by atoms with Gasteiger partial charge >= 0.3 is 0 Å². The van der Waals surface area contributed by atoms with Gasteiger partial charge in [0.15, 0.2) is 11.2 Å². The molecule has 1 aliphatic carbocycles. The van der Waals surface area contributed by atoms with Gasteiger partial charge in [-0.1, -0.05) is 5.21 Å². The highest BCUT2D eigenvalue weighted by Gasteiger charge is 2.25. The van der Waals surface area contributed by atoms with Crippen molar-refractivity contribution >= 4 is 23.4 Å². The van der Waals surface area contributed by atoms with Crippen molar-refractivity contribution in [3.8, 4) is 16.9 Å². The quantitative estimate of drug-likeness (QED) is 0.415. The lowest BCUT2D eigenvalue weighted by Gasteiger charge is -2.11. The second-order valence-electron chi connectivity index (χ2n) is 7.84. The lowest BCUT2D eigenvalue weighted by molar-refractivity contribution is -0.110. The zero-order valence-corrected chi connectivity index (χ0v) is 17.6. The molecule has 2 unspecified atom stereocenters. The van der Waals surface area contributed by atoms with Gasteiger partial charge in [-0.25, -0.2) is 4.98 Å². The third-order valence-electron chi connectivity index (χ3n) is 5.64. The summed E-state index contributed by atoms with van der Waals surface area (Å²) in [7, 11) is 1.67. The maximum absolute atomic E-state index is 11.0. The standard InChI is InChI=1S/C21H23N9O2/c1-32-7-6-29-12-15(9-24-29)18-5-4-17(10-22-18)30-20-19(27-28-30)11-23-21(26-20)25-16-3-2-14(8-16)13-31/h4-5,9-14,16H,2-3,6-8H2,1H3,(H,23,25,26). The van der Waals surface area contributed by atoms with E-state index in [9.17, 15) is 4.79 Å². The molecule has 0 spiro atoms. The minimum atomic E-state index is 0.111. The molecule has 11 nitrogen and oxygen atoms in total. The molecule has 1 saturated carbocycles. The van der Waals surface area contributed by atoms with E-state index in [4.69, 9.17) is 4.74 Å². The van der Waals surface area contributed by atoms with E-state index >= 15 is 0 Å². The van der Waals surface area contributed by atoms with Crippen LogP contribution in [-0.4, -0.2) is 65.8 Å². The normalized spacial score (nSPS) is 18.3. The summed E-state index contributed by atoms with van der Waals surface area (Å²) in [5.74, 6) is 0.616. The first-order valence-corrected chi connectivity index (χ1v) is 10.5. The van der Waals surface area contributed by atoms with Crippen molar-refractivity contribution in [2.75, 3.05) is 19.0 Å². The van der Waals surface area contributed by atoms with E-state index in [1.807, 2.05) is 23.0 Å². The summed E-state index contributed by atoms with van der Waals surface area (Å²) in [5.41, 5.74) is 3.67. The molecule has 0 aromatic carbocycles. The number of fused-ring (bicyclic) bond motifs is 1. The molecule has 4 aromatic heterocycles. The molecule has 0 saturated heterocycles. The van der Waals surface area contributed by atoms with E-state index in [0.29, 0.717) is 30.3 Å². The average molecular weight is 433 g/mol. The van der Waals surface area contributed by atoms with Crippen molar-refractivity contribution in [3.63, 3.8) is 0 Å².